The molecule has 289 valence electrons. The number of ketones is 1. The topological polar surface area (TPSA) is 147 Å². The first-order valence-corrected chi connectivity index (χ1v) is 18.9. The molecule has 0 saturated carbocycles. The SMILES string of the molecule is CCOC(=O)CC(=O)c1cc(CC2CCOCC2)cnc1Cl.Clc1[c-]cc(C=C2CCOCC2)cn1.O=C(O)c1cc(CC2CCOCC2)cnc1Cl.[Y]. The first kappa shape index (κ1) is 46.0. The predicted molar refractivity (Wildman–Crippen MR) is 202 cm³/mol. The number of rotatable bonds is 10. The van der Waals surface area contributed by atoms with Gasteiger partial charge in [-0.1, -0.05) is 40.4 Å². The fraction of sp³-hybridized carbons (Fsp3) is 0.487. The van der Waals surface area contributed by atoms with E-state index < -0.39 is 11.9 Å². The number of Topliss-reactive ketones (excluding diaryl/α,β-unsaturated/α-hetero) is 1. The number of esters is 1. The number of aromatic nitrogens is 3. The minimum Gasteiger partial charge on any atom is -0.478 e. The number of carboxylic acids is 1. The molecule has 15 heteroatoms. The number of ether oxygens (including phenoxy) is 4. The molecule has 0 aromatic carbocycles. The van der Waals surface area contributed by atoms with Crippen LogP contribution in [0.5, 0.6) is 0 Å². The number of carbonyl (C=O) groups is 3. The fourth-order valence-electron chi connectivity index (χ4n) is 6.00. The second kappa shape index (κ2) is 25.0. The van der Waals surface area contributed by atoms with Gasteiger partial charge in [0.15, 0.2) is 5.78 Å². The van der Waals surface area contributed by atoms with Gasteiger partial charge in [-0.15, -0.1) is 6.08 Å². The summed E-state index contributed by atoms with van der Waals surface area (Å²) in [5.74, 6) is -0.849. The number of aromatic carboxylic acids is 1. The molecule has 0 spiro atoms. The second-order valence-corrected chi connectivity index (χ2v) is 13.9. The van der Waals surface area contributed by atoms with Crippen LogP contribution < -0.4 is 0 Å². The van der Waals surface area contributed by atoms with Gasteiger partial charge in [-0.25, -0.2) is 26.9 Å². The van der Waals surface area contributed by atoms with Gasteiger partial charge in [0, 0.05) is 76.7 Å². The maximum absolute atomic E-state index is 12.1. The fourth-order valence-corrected chi connectivity index (χ4v) is 6.49. The number of carbonyl (C=O) groups excluding carboxylic acids is 2. The number of pyridine rings is 3. The molecule has 1 N–H and O–H groups in total. The number of carboxylic acid groups (broad SMARTS) is 1. The van der Waals surface area contributed by atoms with Crippen LogP contribution in [0.15, 0.2) is 42.4 Å². The monoisotopic (exact) mass is 877 g/mol. The van der Waals surface area contributed by atoms with Crippen molar-refractivity contribution in [3.63, 3.8) is 0 Å². The zero-order valence-electron chi connectivity index (χ0n) is 30.4. The average Bonchev–Trinajstić information content (AvgIpc) is 3.16. The van der Waals surface area contributed by atoms with Crippen molar-refractivity contribution in [2.75, 3.05) is 46.2 Å². The Morgan fingerprint density at radius 2 is 1.33 bits per heavy atom. The first-order chi connectivity index (χ1) is 25.6. The van der Waals surface area contributed by atoms with Gasteiger partial charge in [-0.2, -0.15) is 5.56 Å². The number of nitrogens with zero attached hydrogens (tertiary/aromatic N) is 3. The van der Waals surface area contributed by atoms with Crippen LogP contribution in [0.4, 0.5) is 0 Å². The van der Waals surface area contributed by atoms with Crippen molar-refractivity contribution in [2.24, 2.45) is 11.8 Å². The van der Waals surface area contributed by atoms with Gasteiger partial charge in [0.05, 0.1) is 30.9 Å². The molecule has 3 aliphatic heterocycles. The molecule has 3 aromatic rings. The van der Waals surface area contributed by atoms with Crippen LogP contribution in [0.2, 0.25) is 15.5 Å². The van der Waals surface area contributed by atoms with Crippen LogP contribution in [-0.2, 0) is 69.3 Å². The first-order valence-electron chi connectivity index (χ1n) is 17.8. The number of halogens is 3. The van der Waals surface area contributed by atoms with E-state index in [1.165, 1.54) is 5.57 Å². The summed E-state index contributed by atoms with van der Waals surface area (Å²) in [6.07, 6.45) is 14.7. The Balaban J connectivity index is 0.000000221. The Labute approximate surface area is 356 Å². The van der Waals surface area contributed by atoms with E-state index in [4.69, 9.17) is 58.9 Å². The molecule has 6 rings (SSSR count). The van der Waals surface area contributed by atoms with Gasteiger partial charge in [0.1, 0.15) is 16.7 Å². The van der Waals surface area contributed by atoms with E-state index in [1.54, 1.807) is 37.6 Å². The third-order valence-corrected chi connectivity index (χ3v) is 9.66. The Hall–Kier alpha value is -2.35. The molecule has 0 unspecified atom stereocenters. The van der Waals surface area contributed by atoms with E-state index in [0.29, 0.717) is 22.6 Å². The molecule has 54 heavy (non-hydrogen) atoms. The number of hydrogen-bond donors (Lipinski definition) is 1. The Bertz CT molecular complexity index is 1680. The number of hydrogen-bond acceptors (Lipinski definition) is 10. The Kier molecular flexibility index (Phi) is 21.3. The second-order valence-electron chi connectivity index (χ2n) is 12.8. The zero-order chi connectivity index (χ0) is 38.0. The van der Waals surface area contributed by atoms with Crippen molar-refractivity contribution in [3.8, 4) is 0 Å². The molecule has 0 aliphatic carbocycles. The third-order valence-electron chi connectivity index (χ3n) is 8.85. The summed E-state index contributed by atoms with van der Waals surface area (Å²) in [5, 5.41) is 9.55. The van der Waals surface area contributed by atoms with Crippen molar-refractivity contribution >= 4 is 58.6 Å². The quantitative estimate of drug-likeness (QED) is 0.0696. The van der Waals surface area contributed by atoms with E-state index in [9.17, 15) is 14.4 Å². The maximum Gasteiger partial charge on any atom is 0.338 e. The molecule has 1 radical (unpaired) electrons. The van der Waals surface area contributed by atoms with Gasteiger partial charge in [-0.05, 0) is 99.6 Å². The largest absolute Gasteiger partial charge is 0.478 e. The predicted octanol–water partition coefficient (Wildman–Crippen LogP) is 7.97. The van der Waals surface area contributed by atoms with Crippen LogP contribution >= 0.6 is 34.8 Å². The summed E-state index contributed by atoms with van der Waals surface area (Å²) < 4.78 is 20.7. The summed E-state index contributed by atoms with van der Waals surface area (Å²) in [6.45, 7) is 6.75. The molecule has 0 atom stereocenters. The zero-order valence-corrected chi connectivity index (χ0v) is 35.5. The van der Waals surface area contributed by atoms with E-state index in [2.05, 4.69) is 27.1 Å². The smallest absolute Gasteiger partial charge is 0.338 e. The molecule has 3 aromatic heterocycles. The van der Waals surface area contributed by atoms with Gasteiger partial charge in [0.2, 0.25) is 0 Å². The minimum absolute atomic E-state index is 0. The molecular formula is C39H45Cl3N3O8Y-. The van der Waals surface area contributed by atoms with Crippen LogP contribution in [-0.4, -0.2) is 84.0 Å². The Morgan fingerprint density at radius 1 is 0.815 bits per heavy atom. The molecule has 6 heterocycles. The van der Waals surface area contributed by atoms with E-state index >= 15 is 0 Å². The normalized spacial score (nSPS) is 16.0. The van der Waals surface area contributed by atoms with Gasteiger partial charge < -0.3 is 24.1 Å². The molecule has 3 fully saturated rings. The summed E-state index contributed by atoms with van der Waals surface area (Å²) in [6, 6.07) is 8.09. The molecular weight excluding hydrogens is 834 g/mol. The summed E-state index contributed by atoms with van der Waals surface area (Å²) in [5.41, 5.74) is 4.73. The standard InChI is InChI=1S/C16H20ClNO4.C12H14ClNO3.C11H11ClNO.Y/c1-2-22-15(20)9-14(19)13-8-12(10-18-16(13)17)7-11-3-5-21-6-4-11;13-11-10(12(15)16)6-9(7-14-11)5-8-1-3-17-4-2-8;12-11-2-1-10(8-13-11)7-9-3-5-14-6-4-9;/h8,10-11H,2-7,9H2,1H3;6-8H,1-5H2,(H,15,16);1,7-8H,3-6H2;/q;;-1;. The van der Waals surface area contributed by atoms with Crippen molar-refractivity contribution in [2.45, 2.75) is 64.7 Å². The molecule has 11 nitrogen and oxygen atoms in total. The van der Waals surface area contributed by atoms with Crippen molar-refractivity contribution in [1.82, 2.24) is 15.0 Å². The third kappa shape index (κ3) is 16.4. The van der Waals surface area contributed by atoms with Crippen LogP contribution in [0, 0.1) is 17.9 Å². The van der Waals surface area contributed by atoms with Crippen LogP contribution in [0.1, 0.15) is 89.3 Å². The van der Waals surface area contributed by atoms with Gasteiger partial charge >= 0.3 is 11.9 Å². The molecule has 0 bridgehead atoms. The van der Waals surface area contributed by atoms with E-state index in [-0.39, 0.29) is 67.4 Å². The molecule has 3 saturated heterocycles. The summed E-state index contributed by atoms with van der Waals surface area (Å²) >= 11 is 17.4. The molecule has 3 aliphatic rings. The van der Waals surface area contributed by atoms with Crippen LogP contribution in [0.25, 0.3) is 6.08 Å². The van der Waals surface area contributed by atoms with E-state index in [1.807, 2.05) is 6.07 Å². The summed E-state index contributed by atoms with van der Waals surface area (Å²) in [4.78, 5) is 46.5. The Morgan fingerprint density at radius 3 is 1.83 bits per heavy atom. The van der Waals surface area contributed by atoms with Crippen molar-refractivity contribution < 1.29 is 71.1 Å². The minimum atomic E-state index is -1.03. The van der Waals surface area contributed by atoms with Crippen molar-refractivity contribution in [3.05, 3.63) is 91.7 Å². The van der Waals surface area contributed by atoms with Crippen LogP contribution in [0.3, 0.4) is 0 Å². The maximum atomic E-state index is 12.1. The molecule has 0 amide bonds. The van der Waals surface area contributed by atoms with Crippen molar-refractivity contribution in [1.29, 1.82) is 0 Å². The summed E-state index contributed by atoms with van der Waals surface area (Å²) in [7, 11) is 0. The van der Waals surface area contributed by atoms with E-state index in [0.717, 1.165) is 108 Å². The van der Waals surface area contributed by atoms with Gasteiger partial charge in [0.25, 0.3) is 0 Å². The average molecular weight is 879 g/mol. The van der Waals surface area contributed by atoms with Gasteiger partial charge in [-0.3, -0.25) is 14.6 Å².